The largest absolute Gasteiger partial charge is 0.339 e. The highest BCUT2D eigenvalue weighted by Crippen LogP contribution is 2.41. The lowest BCUT2D eigenvalue weighted by molar-refractivity contribution is 0.628. The van der Waals surface area contributed by atoms with Gasteiger partial charge in [0.1, 0.15) is 22.3 Å². The molecule has 0 saturated carbocycles. The normalized spacial score (nSPS) is 11.3. The molecular formula is C24H18FN3S. The number of rotatable bonds is 3. The van der Waals surface area contributed by atoms with E-state index >= 15 is 0 Å². The predicted molar refractivity (Wildman–Crippen MR) is 120 cm³/mol. The first-order valence-electron chi connectivity index (χ1n) is 9.38. The first-order chi connectivity index (χ1) is 14.1. The van der Waals surface area contributed by atoms with Crippen LogP contribution in [0.25, 0.3) is 32.1 Å². The van der Waals surface area contributed by atoms with Crippen molar-refractivity contribution in [1.29, 1.82) is 0 Å². The molecule has 5 heteroatoms. The van der Waals surface area contributed by atoms with Crippen LogP contribution < -0.4 is 5.32 Å². The monoisotopic (exact) mass is 399 g/mol. The van der Waals surface area contributed by atoms with Gasteiger partial charge in [0.25, 0.3) is 0 Å². The smallest absolute Gasteiger partial charge is 0.143 e. The van der Waals surface area contributed by atoms with Gasteiger partial charge < -0.3 is 5.32 Å². The summed E-state index contributed by atoms with van der Waals surface area (Å²) in [4.78, 5) is 11.4. The van der Waals surface area contributed by atoms with Crippen molar-refractivity contribution in [3.63, 3.8) is 0 Å². The van der Waals surface area contributed by atoms with Crippen molar-refractivity contribution in [3.8, 4) is 11.1 Å². The van der Waals surface area contributed by atoms with Gasteiger partial charge in [-0.25, -0.2) is 14.4 Å². The molecule has 142 valence electrons. The van der Waals surface area contributed by atoms with Crippen molar-refractivity contribution >= 4 is 43.8 Å². The highest BCUT2D eigenvalue weighted by atomic mass is 32.1. The molecule has 29 heavy (non-hydrogen) atoms. The average molecular weight is 399 g/mol. The Balaban J connectivity index is 1.74. The summed E-state index contributed by atoms with van der Waals surface area (Å²) >= 11 is 1.64. The predicted octanol–water partition coefficient (Wildman–Crippen LogP) is 7.01. The van der Waals surface area contributed by atoms with Gasteiger partial charge in [-0.1, -0.05) is 48.5 Å². The average Bonchev–Trinajstić information content (AvgIpc) is 3.04. The number of aryl methyl sites for hydroxylation is 2. The zero-order chi connectivity index (χ0) is 20.0. The van der Waals surface area contributed by atoms with E-state index in [2.05, 4.69) is 41.5 Å². The summed E-state index contributed by atoms with van der Waals surface area (Å²) in [6, 6.07) is 21.1. The highest BCUT2D eigenvalue weighted by Gasteiger charge is 2.18. The van der Waals surface area contributed by atoms with Crippen molar-refractivity contribution in [3.05, 3.63) is 83.2 Å². The molecule has 0 aliphatic rings. The molecule has 0 bridgehead atoms. The molecule has 5 aromatic rings. The maximum absolute atomic E-state index is 13.5. The van der Waals surface area contributed by atoms with Crippen LogP contribution in [0, 0.1) is 19.7 Å². The van der Waals surface area contributed by atoms with E-state index in [0.717, 1.165) is 43.1 Å². The molecule has 1 N–H and O–H groups in total. The molecule has 0 amide bonds. The van der Waals surface area contributed by atoms with Crippen LogP contribution in [0.5, 0.6) is 0 Å². The summed E-state index contributed by atoms with van der Waals surface area (Å²) in [5.74, 6) is 1.24. The van der Waals surface area contributed by atoms with Gasteiger partial charge in [-0.3, -0.25) is 0 Å². The molecule has 2 heterocycles. The van der Waals surface area contributed by atoms with Crippen molar-refractivity contribution in [2.24, 2.45) is 0 Å². The Morgan fingerprint density at radius 2 is 1.62 bits per heavy atom. The van der Waals surface area contributed by atoms with Crippen LogP contribution in [-0.4, -0.2) is 9.97 Å². The number of fused-ring (bicyclic) bond motifs is 2. The van der Waals surface area contributed by atoms with Crippen molar-refractivity contribution in [2.75, 3.05) is 5.32 Å². The van der Waals surface area contributed by atoms with Crippen molar-refractivity contribution in [1.82, 2.24) is 9.97 Å². The second kappa shape index (κ2) is 6.94. The fourth-order valence-electron chi connectivity index (χ4n) is 3.73. The molecule has 3 aromatic carbocycles. The molecule has 2 aromatic heterocycles. The van der Waals surface area contributed by atoms with Crippen LogP contribution in [0.15, 0.2) is 66.7 Å². The molecule has 5 rings (SSSR count). The molecule has 0 radical (unpaired) electrons. The molecule has 0 aliphatic heterocycles. The van der Waals surface area contributed by atoms with E-state index in [1.807, 2.05) is 37.3 Å². The van der Waals surface area contributed by atoms with Gasteiger partial charge in [0.15, 0.2) is 0 Å². The molecule has 0 saturated heterocycles. The fraction of sp³-hybridized carbons (Fsp3) is 0.0833. The highest BCUT2D eigenvalue weighted by molar-refractivity contribution is 7.19. The molecule has 0 fully saturated rings. The van der Waals surface area contributed by atoms with Gasteiger partial charge in [-0.2, -0.15) is 0 Å². The molecule has 0 atom stereocenters. The SMILES string of the molecule is Cc1nc(Nc2cccc3ccccc23)c2c(-c3ccc(F)cc3)c(C)sc2n1. The van der Waals surface area contributed by atoms with Crippen LogP contribution in [0.1, 0.15) is 10.7 Å². The van der Waals surface area contributed by atoms with Crippen LogP contribution in [0.2, 0.25) is 0 Å². The molecular weight excluding hydrogens is 381 g/mol. The summed E-state index contributed by atoms with van der Waals surface area (Å²) in [5.41, 5.74) is 3.01. The Labute approximate surface area is 171 Å². The molecule has 3 nitrogen and oxygen atoms in total. The number of anilines is 2. The van der Waals surface area contributed by atoms with Gasteiger partial charge in [0, 0.05) is 21.5 Å². The fourth-order valence-corrected chi connectivity index (χ4v) is 4.83. The number of hydrogen-bond acceptors (Lipinski definition) is 4. The van der Waals surface area contributed by atoms with E-state index in [0.29, 0.717) is 5.82 Å². The topological polar surface area (TPSA) is 37.8 Å². The Kier molecular flexibility index (Phi) is 4.25. The number of aromatic nitrogens is 2. The van der Waals surface area contributed by atoms with Crippen LogP contribution in [0.3, 0.4) is 0 Å². The summed E-state index contributed by atoms with van der Waals surface area (Å²) in [6.07, 6.45) is 0. The standard InChI is InChI=1S/C24H18FN3S/c1-14-21(17-10-12-18(25)13-11-17)22-23(26-15(2)27-24(22)29-14)28-20-9-5-7-16-6-3-4-8-19(16)20/h3-13H,1-2H3,(H,26,27,28). The number of nitrogens with zero attached hydrogens (tertiary/aromatic N) is 2. The zero-order valence-corrected chi connectivity index (χ0v) is 16.8. The zero-order valence-electron chi connectivity index (χ0n) is 16.0. The number of benzene rings is 3. The molecule has 0 aliphatic carbocycles. The van der Waals surface area contributed by atoms with E-state index in [1.165, 1.54) is 17.5 Å². The number of hydrogen-bond donors (Lipinski definition) is 1. The Morgan fingerprint density at radius 1 is 0.862 bits per heavy atom. The van der Waals surface area contributed by atoms with Crippen LogP contribution >= 0.6 is 11.3 Å². The summed E-state index contributed by atoms with van der Waals surface area (Å²) < 4.78 is 13.5. The third-order valence-corrected chi connectivity index (χ3v) is 6.01. The van der Waals surface area contributed by atoms with Gasteiger partial charge >= 0.3 is 0 Å². The van der Waals surface area contributed by atoms with Crippen LogP contribution in [-0.2, 0) is 0 Å². The lowest BCUT2D eigenvalue weighted by Gasteiger charge is -2.12. The van der Waals surface area contributed by atoms with E-state index in [9.17, 15) is 4.39 Å². The van der Waals surface area contributed by atoms with Gasteiger partial charge in [-0.15, -0.1) is 11.3 Å². The Morgan fingerprint density at radius 3 is 2.45 bits per heavy atom. The minimum Gasteiger partial charge on any atom is -0.339 e. The second-order valence-corrected chi connectivity index (χ2v) is 8.19. The summed E-state index contributed by atoms with van der Waals surface area (Å²) in [7, 11) is 0. The first-order valence-corrected chi connectivity index (χ1v) is 10.2. The molecule has 0 unspecified atom stereocenters. The number of nitrogens with one attached hydrogen (secondary N) is 1. The van der Waals surface area contributed by atoms with Gasteiger partial charge in [0.05, 0.1) is 5.39 Å². The minimum atomic E-state index is -0.243. The lowest BCUT2D eigenvalue weighted by Crippen LogP contribution is -1.99. The Bertz CT molecular complexity index is 1350. The Hall–Kier alpha value is -3.31. The first kappa shape index (κ1) is 17.8. The second-order valence-electron chi connectivity index (χ2n) is 6.99. The van der Waals surface area contributed by atoms with Gasteiger partial charge in [0.2, 0.25) is 0 Å². The van der Waals surface area contributed by atoms with Gasteiger partial charge in [-0.05, 0) is 43.0 Å². The van der Waals surface area contributed by atoms with Crippen molar-refractivity contribution in [2.45, 2.75) is 13.8 Å². The van der Waals surface area contributed by atoms with Crippen molar-refractivity contribution < 1.29 is 4.39 Å². The lowest BCUT2D eigenvalue weighted by atomic mass is 10.0. The maximum Gasteiger partial charge on any atom is 0.143 e. The van der Waals surface area contributed by atoms with Crippen LogP contribution in [0.4, 0.5) is 15.9 Å². The van der Waals surface area contributed by atoms with E-state index in [1.54, 1.807) is 11.3 Å². The quantitative estimate of drug-likeness (QED) is 0.354. The minimum absolute atomic E-state index is 0.243. The number of halogens is 1. The van der Waals surface area contributed by atoms with E-state index in [4.69, 9.17) is 4.98 Å². The third-order valence-electron chi connectivity index (χ3n) is 5.02. The maximum atomic E-state index is 13.5. The molecule has 0 spiro atoms. The third kappa shape index (κ3) is 3.13. The summed E-state index contributed by atoms with van der Waals surface area (Å²) in [6.45, 7) is 3.97. The van der Waals surface area contributed by atoms with E-state index < -0.39 is 0 Å². The number of thiophene rings is 1. The summed E-state index contributed by atoms with van der Waals surface area (Å²) in [5, 5.41) is 6.82. The van der Waals surface area contributed by atoms with E-state index in [-0.39, 0.29) is 5.82 Å².